The van der Waals surface area contributed by atoms with Gasteiger partial charge in [0.25, 0.3) is 5.56 Å². The second-order valence-corrected chi connectivity index (χ2v) is 6.12. The molecule has 27 heavy (non-hydrogen) atoms. The van der Waals surface area contributed by atoms with Crippen molar-refractivity contribution < 1.29 is 13.9 Å². The fourth-order valence-electron chi connectivity index (χ4n) is 3.18. The monoisotopic (exact) mass is 366 g/mol. The fourth-order valence-corrected chi connectivity index (χ4v) is 3.18. The Bertz CT molecular complexity index is 1190. The number of carbonyl (C=O) groups is 1. The maximum absolute atomic E-state index is 12.9. The molecule has 8 heteroatoms. The molecule has 0 saturated carbocycles. The van der Waals surface area contributed by atoms with Gasteiger partial charge in [0, 0.05) is 5.39 Å². The normalized spacial score (nSPS) is 11.2. The number of ether oxygens (including phenoxy) is 1. The lowest BCUT2D eigenvalue weighted by molar-refractivity contribution is -0.122. The number of benzene rings is 1. The van der Waals surface area contributed by atoms with Gasteiger partial charge in [0.2, 0.25) is 5.91 Å². The third-order valence-electron chi connectivity index (χ3n) is 4.40. The average Bonchev–Trinajstić information content (AvgIpc) is 3.31. The van der Waals surface area contributed by atoms with Crippen molar-refractivity contribution in [1.82, 2.24) is 19.5 Å². The quantitative estimate of drug-likeness (QED) is 0.582. The van der Waals surface area contributed by atoms with E-state index < -0.39 is 0 Å². The minimum Gasteiger partial charge on any atom is -0.496 e. The molecule has 0 aliphatic rings. The zero-order chi connectivity index (χ0) is 19.0. The van der Waals surface area contributed by atoms with Crippen LogP contribution in [-0.4, -0.2) is 27.2 Å². The van der Waals surface area contributed by atoms with Gasteiger partial charge in [0.05, 0.1) is 25.4 Å². The summed E-state index contributed by atoms with van der Waals surface area (Å²) in [5.41, 5.74) is 0.939. The number of nitrogens with zero attached hydrogens (tertiary/aromatic N) is 3. The van der Waals surface area contributed by atoms with Crippen molar-refractivity contribution in [3.63, 3.8) is 0 Å². The molecule has 0 fully saturated rings. The molecule has 8 nitrogen and oxygen atoms in total. The van der Waals surface area contributed by atoms with Gasteiger partial charge in [-0.15, -0.1) is 0 Å². The van der Waals surface area contributed by atoms with Crippen molar-refractivity contribution in [3.05, 3.63) is 64.6 Å². The number of methoxy groups -OCH3 is 1. The van der Waals surface area contributed by atoms with Gasteiger partial charge >= 0.3 is 0 Å². The summed E-state index contributed by atoms with van der Waals surface area (Å²) in [6.07, 6.45) is 1.54. The van der Waals surface area contributed by atoms with Crippen LogP contribution in [0, 0.1) is 6.92 Å². The first kappa shape index (κ1) is 16.9. The predicted molar refractivity (Wildman–Crippen MR) is 98.8 cm³/mol. The molecule has 4 aromatic rings. The van der Waals surface area contributed by atoms with Gasteiger partial charge in [-0.2, -0.15) is 5.10 Å². The Morgan fingerprint density at radius 1 is 1.26 bits per heavy atom. The van der Waals surface area contributed by atoms with Gasteiger partial charge in [-0.1, -0.05) is 6.07 Å². The number of aromatic nitrogens is 3. The number of nitrogens with one attached hydrogen (secondary N) is 1. The molecule has 1 amide bonds. The minimum atomic E-state index is -0.341. The lowest BCUT2D eigenvalue weighted by Gasteiger charge is -2.09. The molecule has 3 aromatic heterocycles. The summed E-state index contributed by atoms with van der Waals surface area (Å²) in [7, 11) is 1.59. The number of amides is 1. The highest BCUT2D eigenvalue weighted by molar-refractivity contribution is 5.92. The van der Waals surface area contributed by atoms with Gasteiger partial charge < -0.3 is 14.5 Å². The Morgan fingerprint density at radius 3 is 2.85 bits per heavy atom. The van der Waals surface area contributed by atoms with E-state index in [0.717, 1.165) is 10.9 Å². The Hall–Kier alpha value is -3.55. The Labute approximate surface area is 154 Å². The van der Waals surface area contributed by atoms with Crippen LogP contribution in [0.2, 0.25) is 0 Å². The van der Waals surface area contributed by atoms with Crippen molar-refractivity contribution in [2.75, 3.05) is 7.11 Å². The van der Waals surface area contributed by atoms with Crippen LogP contribution in [0.4, 0.5) is 0 Å². The smallest absolute Gasteiger partial charge is 0.291 e. The lowest BCUT2D eigenvalue weighted by Crippen LogP contribution is -2.34. The molecule has 0 aliphatic heterocycles. The third kappa shape index (κ3) is 2.95. The first-order chi connectivity index (χ1) is 13.1. The molecule has 0 bridgehead atoms. The zero-order valence-corrected chi connectivity index (χ0v) is 14.9. The van der Waals surface area contributed by atoms with Gasteiger partial charge in [0.15, 0.2) is 0 Å². The molecular weight excluding hydrogens is 348 g/mol. The summed E-state index contributed by atoms with van der Waals surface area (Å²) < 4.78 is 13.5. The maximum atomic E-state index is 12.9. The van der Waals surface area contributed by atoms with Gasteiger partial charge in [-0.25, -0.2) is 4.68 Å². The van der Waals surface area contributed by atoms with Crippen LogP contribution in [0.25, 0.3) is 16.4 Å². The number of hydrogen-bond donors (Lipinski definition) is 1. The summed E-state index contributed by atoms with van der Waals surface area (Å²) in [4.78, 5) is 25.1. The number of fused-ring (bicyclic) bond motifs is 3. The van der Waals surface area contributed by atoms with Gasteiger partial charge in [0.1, 0.15) is 29.4 Å². The van der Waals surface area contributed by atoms with E-state index in [2.05, 4.69) is 10.4 Å². The SMILES string of the molecule is COc1cccc2c1cc1c(=O)n(CC(=O)NCc3ccco3)nc(C)n12. The van der Waals surface area contributed by atoms with Crippen LogP contribution in [0.15, 0.2) is 51.9 Å². The van der Waals surface area contributed by atoms with E-state index in [1.807, 2.05) is 18.2 Å². The molecule has 0 atom stereocenters. The van der Waals surface area contributed by atoms with Crippen LogP contribution in [0.3, 0.4) is 0 Å². The molecule has 0 unspecified atom stereocenters. The van der Waals surface area contributed by atoms with Crippen LogP contribution in [0.1, 0.15) is 11.6 Å². The van der Waals surface area contributed by atoms with Gasteiger partial charge in [-0.05, 0) is 37.3 Å². The fraction of sp³-hybridized carbons (Fsp3) is 0.211. The predicted octanol–water partition coefficient (Wildman–Crippen LogP) is 1.88. The highest BCUT2D eigenvalue weighted by Gasteiger charge is 2.16. The molecular formula is C19H18N4O4. The molecule has 1 aromatic carbocycles. The van der Waals surface area contributed by atoms with Crippen LogP contribution in [-0.2, 0) is 17.9 Å². The van der Waals surface area contributed by atoms with E-state index in [0.29, 0.717) is 22.9 Å². The molecule has 3 heterocycles. The third-order valence-corrected chi connectivity index (χ3v) is 4.40. The Balaban J connectivity index is 1.70. The highest BCUT2D eigenvalue weighted by Crippen LogP contribution is 2.28. The van der Waals surface area contributed by atoms with Crippen LogP contribution in [0.5, 0.6) is 5.75 Å². The largest absolute Gasteiger partial charge is 0.496 e. The van der Waals surface area contributed by atoms with E-state index >= 15 is 0 Å². The van der Waals surface area contributed by atoms with Crippen LogP contribution < -0.4 is 15.6 Å². The average molecular weight is 366 g/mol. The molecule has 1 N–H and O–H groups in total. The number of hydrogen-bond acceptors (Lipinski definition) is 5. The van der Waals surface area contributed by atoms with E-state index in [4.69, 9.17) is 9.15 Å². The highest BCUT2D eigenvalue weighted by atomic mass is 16.5. The van der Waals surface area contributed by atoms with Crippen molar-refractivity contribution in [2.45, 2.75) is 20.0 Å². The summed E-state index contributed by atoms with van der Waals surface area (Å²) in [6.45, 7) is 1.88. The van der Waals surface area contributed by atoms with E-state index in [-0.39, 0.29) is 24.6 Å². The number of carbonyl (C=O) groups excluding carboxylic acids is 1. The lowest BCUT2D eigenvalue weighted by atomic mass is 10.2. The summed E-state index contributed by atoms with van der Waals surface area (Å²) in [6, 6.07) is 10.9. The molecule has 4 rings (SSSR count). The van der Waals surface area contributed by atoms with Crippen molar-refractivity contribution in [3.8, 4) is 5.75 Å². The first-order valence-electron chi connectivity index (χ1n) is 8.43. The van der Waals surface area contributed by atoms with E-state index in [9.17, 15) is 9.59 Å². The molecule has 0 saturated heterocycles. The first-order valence-corrected chi connectivity index (χ1v) is 8.43. The second kappa shape index (κ2) is 6.64. The number of rotatable bonds is 5. The topological polar surface area (TPSA) is 90.8 Å². The summed E-state index contributed by atoms with van der Waals surface area (Å²) in [5, 5.41) is 7.84. The summed E-state index contributed by atoms with van der Waals surface area (Å²) in [5.74, 6) is 1.60. The molecule has 0 radical (unpaired) electrons. The number of aryl methyl sites for hydroxylation is 1. The van der Waals surface area contributed by atoms with Crippen molar-refractivity contribution in [2.24, 2.45) is 0 Å². The molecule has 0 spiro atoms. The Kier molecular flexibility index (Phi) is 4.15. The van der Waals surface area contributed by atoms with Crippen LogP contribution >= 0.6 is 0 Å². The minimum absolute atomic E-state index is 0.171. The molecule has 138 valence electrons. The second-order valence-electron chi connectivity index (χ2n) is 6.12. The summed E-state index contributed by atoms with van der Waals surface area (Å²) >= 11 is 0. The van der Waals surface area contributed by atoms with Crippen molar-refractivity contribution in [1.29, 1.82) is 0 Å². The Morgan fingerprint density at radius 2 is 2.11 bits per heavy atom. The molecule has 0 aliphatic carbocycles. The van der Waals surface area contributed by atoms with Crippen molar-refractivity contribution >= 4 is 22.3 Å². The van der Waals surface area contributed by atoms with Gasteiger partial charge in [-0.3, -0.25) is 14.0 Å². The zero-order valence-electron chi connectivity index (χ0n) is 14.9. The van der Waals surface area contributed by atoms with E-state index in [1.165, 1.54) is 10.9 Å². The standard InChI is InChI=1S/C19H18N4O4/c1-12-21-22(11-18(24)20-10-13-5-4-8-27-13)19(25)16-9-14-15(23(12)16)6-3-7-17(14)26-2/h3-9H,10-11H2,1-2H3,(H,20,24). The van der Waals surface area contributed by atoms with E-state index in [1.54, 1.807) is 36.6 Å². The maximum Gasteiger partial charge on any atom is 0.291 e. The number of furan rings is 1.